The number of hydrogen-bond acceptors (Lipinski definition) is 4. The van der Waals surface area contributed by atoms with E-state index in [1.165, 1.54) is 12.8 Å². The van der Waals surface area contributed by atoms with Gasteiger partial charge < -0.3 is 15.4 Å². The standard InChI is InChI=1S/C17H27N3O2/c1-11-6-5-7-15(12(11)2)20-17(21)13(3)19-14-8-9-16(22-4)18-10-14/h8-13,15,19H,5-7H2,1-4H3,(H,20,21)/t11-,12+,13+,15+/m0/s1. The molecule has 0 radical (unpaired) electrons. The Labute approximate surface area is 132 Å². The van der Waals surface area contributed by atoms with Crippen LogP contribution in [0.4, 0.5) is 5.69 Å². The Bertz CT molecular complexity index is 489. The van der Waals surface area contributed by atoms with Crippen LogP contribution in [0.25, 0.3) is 0 Å². The SMILES string of the molecule is COc1ccc(N[C@H](C)C(=O)N[C@@H]2CCC[C@H](C)[C@H]2C)cn1. The second kappa shape index (κ2) is 7.47. The van der Waals surface area contributed by atoms with Gasteiger partial charge in [-0.1, -0.05) is 26.7 Å². The van der Waals surface area contributed by atoms with Gasteiger partial charge in [-0.25, -0.2) is 4.98 Å². The van der Waals surface area contributed by atoms with Crippen molar-refractivity contribution in [2.75, 3.05) is 12.4 Å². The predicted molar refractivity (Wildman–Crippen MR) is 88.0 cm³/mol. The Morgan fingerprint density at radius 2 is 2.14 bits per heavy atom. The van der Waals surface area contributed by atoms with E-state index in [0.29, 0.717) is 17.7 Å². The van der Waals surface area contributed by atoms with Crippen LogP contribution in [0.5, 0.6) is 5.88 Å². The van der Waals surface area contributed by atoms with Crippen LogP contribution < -0.4 is 15.4 Å². The second-order valence-electron chi connectivity index (χ2n) is 6.34. The molecular formula is C17H27N3O2. The first-order chi connectivity index (χ1) is 10.5. The number of aromatic nitrogens is 1. The molecule has 1 aromatic rings. The topological polar surface area (TPSA) is 63.2 Å². The highest BCUT2D eigenvalue weighted by molar-refractivity contribution is 5.84. The molecule has 1 fully saturated rings. The molecule has 1 aliphatic carbocycles. The molecule has 22 heavy (non-hydrogen) atoms. The van der Waals surface area contributed by atoms with Crippen molar-refractivity contribution in [1.29, 1.82) is 0 Å². The van der Waals surface area contributed by atoms with Gasteiger partial charge in [0.05, 0.1) is 19.0 Å². The molecule has 122 valence electrons. The zero-order valence-electron chi connectivity index (χ0n) is 13.9. The molecule has 1 aromatic heterocycles. The molecule has 0 saturated heterocycles. The van der Waals surface area contributed by atoms with Crippen LogP contribution in [0.3, 0.4) is 0 Å². The smallest absolute Gasteiger partial charge is 0.242 e. The first kappa shape index (κ1) is 16.6. The zero-order chi connectivity index (χ0) is 16.1. The van der Waals surface area contributed by atoms with Gasteiger partial charge in [0, 0.05) is 12.1 Å². The summed E-state index contributed by atoms with van der Waals surface area (Å²) in [6.07, 6.45) is 5.21. The minimum absolute atomic E-state index is 0.0433. The summed E-state index contributed by atoms with van der Waals surface area (Å²) in [5.74, 6) is 1.81. The number of amides is 1. The number of pyridine rings is 1. The molecule has 1 heterocycles. The van der Waals surface area contributed by atoms with Gasteiger partial charge in [0.1, 0.15) is 6.04 Å². The quantitative estimate of drug-likeness (QED) is 0.878. The highest BCUT2D eigenvalue weighted by Gasteiger charge is 2.29. The van der Waals surface area contributed by atoms with Crippen molar-refractivity contribution >= 4 is 11.6 Å². The van der Waals surface area contributed by atoms with Crippen molar-refractivity contribution in [2.24, 2.45) is 11.8 Å². The van der Waals surface area contributed by atoms with E-state index in [0.717, 1.165) is 12.1 Å². The molecule has 2 N–H and O–H groups in total. The molecule has 0 aliphatic heterocycles. The Morgan fingerprint density at radius 1 is 1.36 bits per heavy atom. The van der Waals surface area contributed by atoms with E-state index in [1.807, 2.05) is 13.0 Å². The monoisotopic (exact) mass is 305 g/mol. The fourth-order valence-electron chi connectivity index (χ4n) is 3.00. The van der Waals surface area contributed by atoms with E-state index in [1.54, 1.807) is 19.4 Å². The van der Waals surface area contributed by atoms with Gasteiger partial charge >= 0.3 is 0 Å². The molecule has 1 saturated carbocycles. The minimum Gasteiger partial charge on any atom is -0.481 e. The highest BCUT2D eigenvalue weighted by atomic mass is 16.5. The van der Waals surface area contributed by atoms with E-state index in [2.05, 4.69) is 29.5 Å². The van der Waals surface area contributed by atoms with Gasteiger partial charge in [0.25, 0.3) is 0 Å². The summed E-state index contributed by atoms with van der Waals surface area (Å²) in [6.45, 7) is 6.38. The summed E-state index contributed by atoms with van der Waals surface area (Å²) < 4.78 is 5.03. The number of hydrogen-bond donors (Lipinski definition) is 2. The van der Waals surface area contributed by atoms with Gasteiger partial charge in [-0.2, -0.15) is 0 Å². The van der Waals surface area contributed by atoms with E-state index in [-0.39, 0.29) is 18.0 Å². The van der Waals surface area contributed by atoms with Crippen molar-refractivity contribution in [3.8, 4) is 5.88 Å². The number of nitrogens with zero attached hydrogens (tertiary/aromatic N) is 1. The summed E-state index contributed by atoms with van der Waals surface area (Å²) in [7, 11) is 1.58. The first-order valence-corrected chi connectivity index (χ1v) is 8.08. The maximum absolute atomic E-state index is 12.4. The number of carbonyl (C=O) groups excluding carboxylic acids is 1. The molecule has 5 heteroatoms. The fraction of sp³-hybridized carbons (Fsp3) is 0.647. The number of methoxy groups -OCH3 is 1. The van der Waals surface area contributed by atoms with Crippen LogP contribution in [0.1, 0.15) is 40.0 Å². The third kappa shape index (κ3) is 4.12. The molecule has 1 aliphatic rings. The lowest BCUT2D eigenvalue weighted by Crippen LogP contribution is -2.48. The van der Waals surface area contributed by atoms with Crippen molar-refractivity contribution < 1.29 is 9.53 Å². The average molecular weight is 305 g/mol. The number of ether oxygens (including phenoxy) is 1. The normalized spacial score (nSPS) is 26.1. The van der Waals surface area contributed by atoms with Crippen LogP contribution in [0.15, 0.2) is 18.3 Å². The summed E-state index contributed by atoms with van der Waals surface area (Å²) in [5.41, 5.74) is 0.813. The summed E-state index contributed by atoms with van der Waals surface area (Å²) in [5, 5.41) is 6.37. The molecule has 5 nitrogen and oxygen atoms in total. The maximum Gasteiger partial charge on any atom is 0.242 e. The van der Waals surface area contributed by atoms with E-state index >= 15 is 0 Å². The lowest BCUT2D eigenvalue weighted by molar-refractivity contribution is -0.122. The van der Waals surface area contributed by atoms with Gasteiger partial charge in [0.15, 0.2) is 0 Å². The predicted octanol–water partition coefficient (Wildman–Crippen LogP) is 2.83. The van der Waals surface area contributed by atoms with Gasteiger partial charge in [-0.3, -0.25) is 4.79 Å². The summed E-state index contributed by atoms with van der Waals surface area (Å²) >= 11 is 0. The maximum atomic E-state index is 12.4. The third-order valence-corrected chi connectivity index (χ3v) is 4.76. The lowest BCUT2D eigenvalue weighted by atomic mass is 9.78. The van der Waals surface area contributed by atoms with Gasteiger partial charge in [-0.05, 0) is 31.2 Å². The zero-order valence-corrected chi connectivity index (χ0v) is 13.9. The number of anilines is 1. The Kier molecular flexibility index (Phi) is 5.63. The molecule has 1 amide bonds. The lowest BCUT2D eigenvalue weighted by Gasteiger charge is -2.35. The Balaban J connectivity index is 1.88. The molecule has 0 aromatic carbocycles. The molecular weight excluding hydrogens is 278 g/mol. The van der Waals surface area contributed by atoms with Crippen molar-refractivity contribution in [1.82, 2.24) is 10.3 Å². The average Bonchev–Trinajstić information content (AvgIpc) is 2.52. The first-order valence-electron chi connectivity index (χ1n) is 8.08. The molecule has 0 unspecified atom stereocenters. The molecule has 4 atom stereocenters. The summed E-state index contributed by atoms with van der Waals surface area (Å²) in [4.78, 5) is 16.5. The van der Waals surface area contributed by atoms with E-state index in [9.17, 15) is 4.79 Å². The largest absolute Gasteiger partial charge is 0.481 e. The Hall–Kier alpha value is -1.78. The molecule has 2 rings (SSSR count). The molecule has 0 spiro atoms. The molecule has 0 bridgehead atoms. The highest BCUT2D eigenvalue weighted by Crippen LogP contribution is 2.29. The minimum atomic E-state index is -0.292. The van der Waals surface area contributed by atoms with Crippen molar-refractivity contribution in [3.63, 3.8) is 0 Å². The van der Waals surface area contributed by atoms with Crippen LogP contribution in [-0.4, -0.2) is 30.1 Å². The van der Waals surface area contributed by atoms with Crippen LogP contribution in [0, 0.1) is 11.8 Å². The van der Waals surface area contributed by atoms with Gasteiger partial charge in [0.2, 0.25) is 11.8 Å². The van der Waals surface area contributed by atoms with E-state index < -0.39 is 0 Å². The van der Waals surface area contributed by atoms with Crippen LogP contribution >= 0.6 is 0 Å². The fourth-order valence-corrected chi connectivity index (χ4v) is 3.00. The number of carbonyl (C=O) groups is 1. The Morgan fingerprint density at radius 3 is 2.77 bits per heavy atom. The summed E-state index contributed by atoms with van der Waals surface area (Å²) in [6, 6.07) is 3.63. The van der Waals surface area contributed by atoms with E-state index in [4.69, 9.17) is 4.74 Å². The number of nitrogens with one attached hydrogen (secondary N) is 2. The second-order valence-corrected chi connectivity index (χ2v) is 6.34. The van der Waals surface area contributed by atoms with Crippen LogP contribution in [-0.2, 0) is 4.79 Å². The van der Waals surface area contributed by atoms with Gasteiger partial charge in [-0.15, -0.1) is 0 Å². The number of rotatable bonds is 5. The van der Waals surface area contributed by atoms with Crippen LogP contribution in [0.2, 0.25) is 0 Å². The van der Waals surface area contributed by atoms with Crippen molar-refractivity contribution in [2.45, 2.75) is 52.1 Å². The van der Waals surface area contributed by atoms with Crippen molar-refractivity contribution in [3.05, 3.63) is 18.3 Å². The third-order valence-electron chi connectivity index (χ3n) is 4.76.